The van der Waals surface area contributed by atoms with Crippen molar-refractivity contribution in [2.75, 3.05) is 60.6 Å². The molecule has 1 fully saturated rings. The maximum absolute atomic E-state index is 12.0. The summed E-state index contributed by atoms with van der Waals surface area (Å²) in [6.07, 6.45) is 4.13. The largest absolute Gasteiger partial charge is 0.385 e. The van der Waals surface area contributed by atoms with Gasteiger partial charge in [0.2, 0.25) is 5.91 Å². The molecule has 1 amide bonds. The van der Waals surface area contributed by atoms with E-state index in [0.29, 0.717) is 6.10 Å². The van der Waals surface area contributed by atoms with E-state index in [1.54, 1.807) is 37.4 Å². The Bertz CT molecular complexity index is 584. The maximum Gasteiger partial charge on any atom is 0.243 e. The first-order valence-corrected chi connectivity index (χ1v) is 10.8. The van der Waals surface area contributed by atoms with E-state index in [1.165, 1.54) is 4.88 Å². The van der Waals surface area contributed by atoms with Crippen LogP contribution in [0, 0.1) is 0 Å². The van der Waals surface area contributed by atoms with Gasteiger partial charge in [0, 0.05) is 58.9 Å². The molecule has 1 aliphatic heterocycles. The highest BCUT2D eigenvalue weighted by Gasteiger charge is 2.22. The first-order valence-electron chi connectivity index (χ1n) is 9.96. The third kappa shape index (κ3) is 8.16. The zero-order valence-corrected chi connectivity index (χ0v) is 18.2. The summed E-state index contributed by atoms with van der Waals surface area (Å²) in [5.74, 6) is 0.832. The minimum atomic E-state index is 0.00826. The van der Waals surface area contributed by atoms with Crippen LogP contribution in [-0.4, -0.2) is 88.4 Å². The number of aliphatic imine (C=N–C) groups is 1. The Kier molecular flexibility index (Phi) is 10.3. The van der Waals surface area contributed by atoms with Gasteiger partial charge in [-0.25, -0.2) is 4.99 Å². The number of methoxy groups -OCH3 is 1. The van der Waals surface area contributed by atoms with Crippen LogP contribution in [0.5, 0.6) is 0 Å². The lowest BCUT2D eigenvalue weighted by atomic mass is 10.1. The number of hydrogen-bond donors (Lipinski definition) is 1. The maximum atomic E-state index is 12.0. The smallest absolute Gasteiger partial charge is 0.243 e. The number of carbonyl (C=O) groups is 1. The average Bonchev–Trinajstić information content (AvgIpc) is 3.21. The summed E-state index contributed by atoms with van der Waals surface area (Å²) in [7, 11) is 5.23. The molecule has 1 aromatic rings. The molecule has 0 radical (unpaired) electrons. The Hall–Kier alpha value is -1.64. The van der Waals surface area contributed by atoms with E-state index in [9.17, 15) is 4.79 Å². The molecule has 1 N–H and O–H groups in total. The van der Waals surface area contributed by atoms with Crippen LogP contribution in [0.4, 0.5) is 0 Å². The zero-order chi connectivity index (χ0) is 20.2. The molecule has 2 rings (SSSR count). The lowest BCUT2D eigenvalue weighted by Gasteiger charge is -2.34. The second-order valence-electron chi connectivity index (χ2n) is 7.09. The van der Waals surface area contributed by atoms with Crippen molar-refractivity contribution in [2.45, 2.75) is 31.8 Å². The highest BCUT2D eigenvalue weighted by molar-refractivity contribution is 7.09. The molecule has 0 aliphatic carbocycles. The predicted molar refractivity (Wildman–Crippen MR) is 114 cm³/mol. The molecule has 0 bridgehead atoms. The SMILES string of the molecule is COCCCOC1CCN(C(=NCC(=O)N(C)C)NCCc2cccs2)CC1. The number of rotatable bonds is 10. The van der Waals surface area contributed by atoms with Gasteiger partial charge in [-0.05, 0) is 37.1 Å². The number of likely N-dealkylation sites (N-methyl/N-ethyl adjacent to an activating group) is 1. The van der Waals surface area contributed by atoms with Gasteiger partial charge < -0.3 is 24.6 Å². The van der Waals surface area contributed by atoms with Crippen molar-refractivity contribution in [1.29, 1.82) is 0 Å². The molecule has 0 aromatic carbocycles. The number of ether oxygens (including phenoxy) is 2. The Morgan fingerprint density at radius 3 is 2.79 bits per heavy atom. The molecule has 0 unspecified atom stereocenters. The van der Waals surface area contributed by atoms with E-state index in [-0.39, 0.29) is 12.5 Å². The van der Waals surface area contributed by atoms with E-state index >= 15 is 0 Å². The van der Waals surface area contributed by atoms with Crippen LogP contribution in [0.2, 0.25) is 0 Å². The van der Waals surface area contributed by atoms with Gasteiger partial charge in [0.05, 0.1) is 6.10 Å². The highest BCUT2D eigenvalue weighted by atomic mass is 32.1. The topological polar surface area (TPSA) is 66.4 Å². The Morgan fingerprint density at radius 2 is 2.14 bits per heavy atom. The Morgan fingerprint density at radius 1 is 1.36 bits per heavy atom. The van der Waals surface area contributed by atoms with E-state index in [2.05, 4.69) is 32.7 Å². The van der Waals surface area contributed by atoms with Gasteiger partial charge >= 0.3 is 0 Å². The molecule has 158 valence electrons. The number of piperidine rings is 1. The van der Waals surface area contributed by atoms with Crippen molar-refractivity contribution in [1.82, 2.24) is 15.1 Å². The lowest BCUT2D eigenvalue weighted by Crippen LogP contribution is -2.48. The average molecular weight is 411 g/mol. The number of thiophene rings is 1. The summed E-state index contributed by atoms with van der Waals surface area (Å²) in [6, 6.07) is 4.22. The zero-order valence-electron chi connectivity index (χ0n) is 17.4. The van der Waals surface area contributed by atoms with Gasteiger partial charge in [-0.1, -0.05) is 6.07 Å². The van der Waals surface area contributed by atoms with Crippen LogP contribution in [0.15, 0.2) is 22.5 Å². The number of amides is 1. The number of guanidine groups is 1. The number of nitrogens with zero attached hydrogens (tertiary/aromatic N) is 3. The first-order chi connectivity index (χ1) is 13.6. The fraction of sp³-hybridized carbons (Fsp3) is 0.700. The van der Waals surface area contributed by atoms with Crippen molar-refractivity contribution in [3.05, 3.63) is 22.4 Å². The summed E-state index contributed by atoms with van der Waals surface area (Å²) in [5.41, 5.74) is 0. The van der Waals surface area contributed by atoms with Crippen LogP contribution in [0.1, 0.15) is 24.1 Å². The van der Waals surface area contributed by atoms with E-state index < -0.39 is 0 Å². The van der Waals surface area contributed by atoms with Crippen LogP contribution in [-0.2, 0) is 20.7 Å². The van der Waals surface area contributed by atoms with Crippen LogP contribution in [0.25, 0.3) is 0 Å². The third-order valence-corrected chi connectivity index (χ3v) is 5.62. The van der Waals surface area contributed by atoms with Crippen molar-refractivity contribution in [2.24, 2.45) is 4.99 Å². The summed E-state index contributed by atoms with van der Waals surface area (Å²) < 4.78 is 11.0. The Labute approximate surface area is 172 Å². The molecular formula is C20H34N4O3S. The molecule has 1 aromatic heterocycles. The second-order valence-corrected chi connectivity index (χ2v) is 8.12. The molecule has 8 heteroatoms. The summed E-state index contributed by atoms with van der Waals surface area (Å²) in [5, 5.41) is 5.55. The van der Waals surface area contributed by atoms with E-state index in [1.807, 2.05) is 0 Å². The van der Waals surface area contributed by atoms with Crippen LogP contribution in [0.3, 0.4) is 0 Å². The molecule has 0 saturated carbocycles. The van der Waals surface area contributed by atoms with Gasteiger partial charge in [0.15, 0.2) is 5.96 Å². The van der Waals surface area contributed by atoms with Crippen LogP contribution >= 0.6 is 11.3 Å². The third-order valence-electron chi connectivity index (χ3n) is 4.69. The number of carbonyl (C=O) groups excluding carboxylic acids is 1. The van der Waals surface area contributed by atoms with Gasteiger partial charge in [-0.2, -0.15) is 0 Å². The molecule has 28 heavy (non-hydrogen) atoms. The van der Waals surface area contributed by atoms with Gasteiger partial charge in [0.1, 0.15) is 6.54 Å². The lowest BCUT2D eigenvalue weighted by molar-refractivity contribution is -0.127. The fourth-order valence-electron chi connectivity index (χ4n) is 2.99. The van der Waals surface area contributed by atoms with Crippen molar-refractivity contribution < 1.29 is 14.3 Å². The standard InChI is InChI=1S/C20H34N4O3S/c1-23(2)19(25)16-22-20(21-10-7-18-6-4-15-28-18)24-11-8-17(9-12-24)27-14-5-13-26-3/h4,6,15,17H,5,7-14,16H2,1-3H3,(H,21,22). The minimum absolute atomic E-state index is 0.00826. The van der Waals surface area contributed by atoms with Gasteiger partial charge in [0.25, 0.3) is 0 Å². The van der Waals surface area contributed by atoms with E-state index in [4.69, 9.17) is 9.47 Å². The molecule has 1 aliphatic rings. The normalized spacial score (nSPS) is 15.7. The minimum Gasteiger partial charge on any atom is -0.385 e. The molecule has 0 spiro atoms. The second kappa shape index (κ2) is 12.7. The Balaban J connectivity index is 1.84. The molecule has 1 saturated heterocycles. The monoisotopic (exact) mass is 410 g/mol. The molecular weight excluding hydrogens is 376 g/mol. The number of hydrogen-bond acceptors (Lipinski definition) is 5. The highest BCUT2D eigenvalue weighted by Crippen LogP contribution is 2.14. The summed E-state index contributed by atoms with van der Waals surface area (Å²) in [6.45, 7) is 4.23. The van der Waals surface area contributed by atoms with Crippen molar-refractivity contribution in [3.8, 4) is 0 Å². The fourth-order valence-corrected chi connectivity index (χ4v) is 3.70. The van der Waals surface area contributed by atoms with E-state index in [0.717, 1.165) is 64.5 Å². The van der Waals surface area contributed by atoms with Crippen molar-refractivity contribution >= 4 is 23.2 Å². The molecule has 2 heterocycles. The summed E-state index contributed by atoms with van der Waals surface area (Å²) in [4.78, 5) is 21.7. The first kappa shape index (κ1) is 22.6. The molecule has 7 nitrogen and oxygen atoms in total. The number of likely N-dealkylation sites (tertiary alicyclic amines) is 1. The quantitative estimate of drug-likeness (QED) is 0.362. The van der Waals surface area contributed by atoms with Crippen LogP contribution < -0.4 is 5.32 Å². The summed E-state index contributed by atoms with van der Waals surface area (Å²) >= 11 is 1.76. The number of nitrogens with one attached hydrogen (secondary N) is 1. The molecule has 0 atom stereocenters. The predicted octanol–water partition coefficient (Wildman–Crippen LogP) is 1.84. The van der Waals surface area contributed by atoms with Gasteiger partial charge in [-0.15, -0.1) is 11.3 Å². The van der Waals surface area contributed by atoms with Crippen molar-refractivity contribution in [3.63, 3.8) is 0 Å². The van der Waals surface area contributed by atoms with Gasteiger partial charge in [-0.3, -0.25) is 4.79 Å².